The minimum absolute atomic E-state index is 0.218. The van der Waals surface area contributed by atoms with Gasteiger partial charge in [-0.25, -0.2) is 9.37 Å². The molecule has 1 aliphatic carbocycles. The smallest absolute Gasteiger partial charge is 0.170 e. The van der Waals surface area contributed by atoms with Crippen molar-refractivity contribution in [3.63, 3.8) is 0 Å². The lowest BCUT2D eigenvalue weighted by Gasteiger charge is -2.37. The fourth-order valence-corrected chi connectivity index (χ4v) is 2.90. The number of hydrogen-bond acceptors (Lipinski definition) is 3. The first-order valence-electron chi connectivity index (χ1n) is 6.71. The van der Waals surface area contributed by atoms with E-state index in [0.717, 1.165) is 6.42 Å². The number of nitrogens with zero attached hydrogens (tertiary/aromatic N) is 2. The Hall–Kier alpha value is -1.16. The van der Waals surface area contributed by atoms with E-state index in [2.05, 4.69) is 11.9 Å². The highest BCUT2D eigenvalue weighted by Gasteiger charge is 2.27. The zero-order valence-electron chi connectivity index (χ0n) is 11.2. The van der Waals surface area contributed by atoms with Crippen LogP contribution < -0.4 is 10.6 Å². The SMILES string of the molecule is CC1CCCCC1N(C)c1nccc(CN)c1F. The number of hydrogen-bond donors (Lipinski definition) is 1. The Morgan fingerprint density at radius 1 is 1.44 bits per heavy atom. The Morgan fingerprint density at radius 3 is 2.83 bits per heavy atom. The third-order valence-corrected chi connectivity index (χ3v) is 4.07. The minimum atomic E-state index is -0.264. The predicted octanol–water partition coefficient (Wildman–Crippen LogP) is 2.69. The molecule has 0 spiro atoms. The van der Waals surface area contributed by atoms with Crippen LogP contribution >= 0.6 is 0 Å². The van der Waals surface area contributed by atoms with Crippen LogP contribution in [0.5, 0.6) is 0 Å². The van der Waals surface area contributed by atoms with Gasteiger partial charge in [0.1, 0.15) is 0 Å². The molecule has 2 rings (SSSR count). The van der Waals surface area contributed by atoms with Gasteiger partial charge in [0.25, 0.3) is 0 Å². The van der Waals surface area contributed by atoms with Crippen LogP contribution in [0.2, 0.25) is 0 Å². The highest BCUT2D eigenvalue weighted by Crippen LogP contribution is 2.31. The Labute approximate surface area is 108 Å². The summed E-state index contributed by atoms with van der Waals surface area (Å²) in [5.41, 5.74) is 6.08. The third kappa shape index (κ3) is 2.48. The van der Waals surface area contributed by atoms with Gasteiger partial charge in [0, 0.05) is 31.4 Å². The first-order valence-corrected chi connectivity index (χ1v) is 6.71. The van der Waals surface area contributed by atoms with E-state index in [0.29, 0.717) is 23.3 Å². The van der Waals surface area contributed by atoms with Crippen molar-refractivity contribution < 1.29 is 4.39 Å². The fraction of sp³-hybridized carbons (Fsp3) is 0.643. The third-order valence-electron chi connectivity index (χ3n) is 4.07. The summed E-state index contributed by atoms with van der Waals surface area (Å²) in [6.07, 6.45) is 6.48. The van der Waals surface area contributed by atoms with E-state index in [9.17, 15) is 4.39 Å². The lowest BCUT2D eigenvalue weighted by molar-refractivity contribution is 0.319. The van der Waals surface area contributed by atoms with Crippen LogP contribution in [-0.4, -0.2) is 18.1 Å². The monoisotopic (exact) mass is 251 g/mol. The van der Waals surface area contributed by atoms with Gasteiger partial charge in [0.2, 0.25) is 0 Å². The molecule has 0 aromatic carbocycles. The molecule has 1 aliphatic rings. The molecular weight excluding hydrogens is 229 g/mol. The molecule has 1 saturated carbocycles. The van der Waals surface area contributed by atoms with Crippen molar-refractivity contribution in [1.29, 1.82) is 0 Å². The number of pyridine rings is 1. The summed E-state index contributed by atoms with van der Waals surface area (Å²) in [5.74, 6) is 0.767. The maximum atomic E-state index is 14.2. The van der Waals surface area contributed by atoms with Gasteiger partial charge in [0.05, 0.1) is 0 Å². The fourth-order valence-electron chi connectivity index (χ4n) is 2.90. The second kappa shape index (κ2) is 5.65. The van der Waals surface area contributed by atoms with E-state index in [4.69, 9.17) is 5.73 Å². The summed E-state index contributed by atoms with van der Waals surface area (Å²) >= 11 is 0. The van der Waals surface area contributed by atoms with Crippen molar-refractivity contribution in [2.24, 2.45) is 11.7 Å². The normalized spacial score (nSPS) is 24.0. The van der Waals surface area contributed by atoms with Crippen LogP contribution in [0.3, 0.4) is 0 Å². The van der Waals surface area contributed by atoms with Crippen LogP contribution in [-0.2, 0) is 6.54 Å². The molecule has 1 aromatic heterocycles. The summed E-state index contributed by atoms with van der Waals surface area (Å²) in [4.78, 5) is 6.19. The Morgan fingerprint density at radius 2 is 2.17 bits per heavy atom. The van der Waals surface area contributed by atoms with Crippen molar-refractivity contribution in [3.8, 4) is 0 Å². The number of aromatic nitrogens is 1. The van der Waals surface area contributed by atoms with E-state index in [1.807, 2.05) is 11.9 Å². The summed E-state index contributed by atoms with van der Waals surface area (Å²) in [6.45, 7) is 2.46. The zero-order valence-corrected chi connectivity index (χ0v) is 11.2. The number of rotatable bonds is 3. The highest BCUT2D eigenvalue weighted by molar-refractivity contribution is 5.43. The number of anilines is 1. The van der Waals surface area contributed by atoms with Gasteiger partial charge in [-0.1, -0.05) is 19.8 Å². The van der Waals surface area contributed by atoms with Gasteiger partial charge < -0.3 is 10.6 Å². The molecule has 0 bridgehead atoms. The summed E-state index contributed by atoms with van der Waals surface area (Å²) in [7, 11) is 1.94. The van der Waals surface area contributed by atoms with Gasteiger partial charge in [-0.2, -0.15) is 0 Å². The van der Waals surface area contributed by atoms with Crippen molar-refractivity contribution in [1.82, 2.24) is 4.98 Å². The molecule has 18 heavy (non-hydrogen) atoms. The minimum Gasteiger partial charge on any atom is -0.354 e. The quantitative estimate of drug-likeness (QED) is 0.898. The largest absolute Gasteiger partial charge is 0.354 e. The topological polar surface area (TPSA) is 42.2 Å². The average Bonchev–Trinajstić information content (AvgIpc) is 2.39. The lowest BCUT2D eigenvalue weighted by Crippen LogP contribution is -2.40. The molecule has 0 saturated heterocycles. The molecule has 2 N–H and O–H groups in total. The van der Waals surface area contributed by atoms with Crippen molar-refractivity contribution in [2.75, 3.05) is 11.9 Å². The van der Waals surface area contributed by atoms with Gasteiger partial charge in [-0.3, -0.25) is 0 Å². The predicted molar refractivity (Wildman–Crippen MR) is 71.9 cm³/mol. The molecule has 1 heterocycles. The van der Waals surface area contributed by atoms with Crippen molar-refractivity contribution in [3.05, 3.63) is 23.6 Å². The summed E-state index contributed by atoms with van der Waals surface area (Å²) < 4.78 is 14.2. The maximum Gasteiger partial charge on any atom is 0.170 e. The molecular formula is C14H22FN3. The summed E-state index contributed by atoms with van der Waals surface area (Å²) in [5, 5.41) is 0. The molecule has 0 radical (unpaired) electrons. The van der Waals surface area contributed by atoms with Gasteiger partial charge in [-0.15, -0.1) is 0 Å². The number of nitrogens with two attached hydrogens (primary N) is 1. The van der Waals surface area contributed by atoms with Gasteiger partial charge >= 0.3 is 0 Å². The van der Waals surface area contributed by atoms with Crippen LogP contribution in [0.15, 0.2) is 12.3 Å². The Balaban J connectivity index is 2.24. The molecule has 2 atom stereocenters. The molecule has 0 aliphatic heterocycles. The zero-order chi connectivity index (χ0) is 13.1. The Bertz CT molecular complexity index is 408. The van der Waals surface area contributed by atoms with E-state index < -0.39 is 0 Å². The second-order valence-corrected chi connectivity index (χ2v) is 5.25. The maximum absolute atomic E-state index is 14.2. The first kappa shape index (κ1) is 13.3. The molecule has 4 heteroatoms. The van der Waals surface area contributed by atoms with E-state index in [-0.39, 0.29) is 12.4 Å². The lowest BCUT2D eigenvalue weighted by atomic mass is 9.85. The van der Waals surface area contributed by atoms with Crippen molar-refractivity contribution in [2.45, 2.75) is 45.2 Å². The first-order chi connectivity index (χ1) is 8.65. The highest BCUT2D eigenvalue weighted by atomic mass is 19.1. The van der Waals surface area contributed by atoms with E-state index in [1.54, 1.807) is 12.3 Å². The van der Waals surface area contributed by atoms with E-state index in [1.165, 1.54) is 19.3 Å². The van der Waals surface area contributed by atoms with Crippen LogP contribution in [0.25, 0.3) is 0 Å². The van der Waals surface area contributed by atoms with Crippen LogP contribution in [0.1, 0.15) is 38.2 Å². The molecule has 1 fully saturated rings. The molecule has 1 aromatic rings. The molecule has 3 nitrogen and oxygen atoms in total. The van der Waals surface area contributed by atoms with E-state index >= 15 is 0 Å². The number of halogens is 1. The molecule has 2 unspecified atom stereocenters. The van der Waals surface area contributed by atoms with Crippen LogP contribution in [0, 0.1) is 11.7 Å². The molecule has 100 valence electrons. The standard InChI is InChI=1S/C14H22FN3/c1-10-5-3-4-6-12(10)18(2)14-13(15)11(9-16)7-8-17-14/h7-8,10,12H,3-6,9,16H2,1-2H3. The second-order valence-electron chi connectivity index (χ2n) is 5.25. The van der Waals surface area contributed by atoms with Crippen molar-refractivity contribution >= 4 is 5.82 Å². The average molecular weight is 251 g/mol. The molecule has 0 amide bonds. The summed E-state index contributed by atoms with van der Waals surface area (Å²) in [6, 6.07) is 2.03. The van der Waals surface area contributed by atoms with Crippen LogP contribution in [0.4, 0.5) is 10.2 Å². The van der Waals surface area contributed by atoms with Gasteiger partial charge in [-0.05, 0) is 24.8 Å². The van der Waals surface area contributed by atoms with Gasteiger partial charge in [0.15, 0.2) is 11.6 Å². The Kier molecular flexibility index (Phi) is 4.17.